The van der Waals surface area contributed by atoms with Gasteiger partial charge < -0.3 is 10.2 Å². The van der Waals surface area contributed by atoms with Crippen molar-refractivity contribution in [2.24, 2.45) is 0 Å². The number of hydrogen-bond acceptors (Lipinski definition) is 2. The summed E-state index contributed by atoms with van der Waals surface area (Å²) in [5, 5.41) is 3.95. The quantitative estimate of drug-likeness (QED) is 0.884. The Balaban J connectivity index is 2.25. The molecule has 1 unspecified atom stereocenters. The van der Waals surface area contributed by atoms with Gasteiger partial charge in [-0.25, -0.2) is 0 Å². The van der Waals surface area contributed by atoms with E-state index in [1.807, 2.05) is 17.0 Å². The van der Waals surface area contributed by atoms with E-state index in [2.05, 4.69) is 19.2 Å². The summed E-state index contributed by atoms with van der Waals surface area (Å²) >= 11 is 6.10. The highest BCUT2D eigenvalue weighted by atomic mass is 35.5. The van der Waals surface area contributed by atoms with Crippen LogP contribution < -0.4 is 5.32 Å². The second kappa shape index (κ2) is 7.69. The largest absolute Gasteiger partial charge is 0.384 e. The lowest BCUT2D eigenvalue weighted by Crippen LogP contribution is -2.38. The van der Waals surface area contributed by atoms with Crippen LogP contribution in [0.3, 0.4) is 0 Å². The third-order valence-corrected chi connectivity index (χ3v) is 4.33. The van der Waals surface area contributed by atoms with Crippen LogP contribution in [0.2, 0.25) is 5.02 Å². The van der Waals surface area contributed by atoms with Crippen LogP contribution in [-0.4, -0.2) is 29.9 Å². The van der Waals surface area contributed by atoms with Crippen molar-refractivity contribution in [2.45, 2.75) is 52.0 Å². The van der Waals surface area contributed by atoms with E-state index in [4.69, 9.17) is 11.6 Å². The van der Waals surface area contributed by atoms with Crippen molar-refractivity contribution < 1.29 is 4.79 Å². The molecule has 1 aliphatic heterocycles. The van der Waals surface area contributed by atoms with Gasteiger partial charge in [0.15, 0.2) is 0 Å². The Labute approximate surface area is 132 Å². The normalized spacial score (nSPS) is 19.2. The van der Waals surface area contributed by atoms with Crippen LogP contribution in [0.4, 0.5) is 5.69 Å². The summed E-state index contributed by atoms with van der Waals surface area (Å²) in [6, 6.07) is 5.84. The van der Waals surface area contributed by atoms with E-state index in [9.17, 15) is 4.79 Å². The monoisotopic (exact) mass is 308 g/mol. The minimum atomic E-state index is 0.102. The standard InChI is InChI=1S/C17H25ClN2O/c1-3-10-19-16-9-8-14(18)12-15(16)17(21)20-11-6-4-5-7-13(20)2/h8-9,12-13,19H,3-7,10-11H2,1-2H3. The molecule has 0 bridgehead atoms. The topological polar surface area (TPSA) is 32.3 Å². The van der Waals surface area contributed by atoms with E-state index in [0.717, 1.165) is 38.0 Å². The average molecular weight is 309 g/mol. The lowest BCUT2D eigenvalue weighted by Gasteiger charge is -2.28. The molecule has 0 radical (unpaired) electrons. The number of benzene rings is 1. The Morgan fingerprint density at radius 2 is 2.19 bits per heavy atom. The van der Waals surface area contributed by atoms with Gasteiger partial charge in [-0.2, -0.15) is 0 Å². The molecule has 3 nitrogen and oxygen atoms in total. The number of amides is 1. The average Bonchev–Trinajstić information content (AvgIpc) is 2.70. The molecule has 1 fully saturated rings. The molecule has 0 spiro atoms. The van der Waals surface area contributed by atoms with Gasteiger partial charge in [-0.05, 0) is 44.4 Å². The zero-order chi connectivity index (χ0) is 15.2. The molecule has 2 rings (SSSR count). The van der Waals surface area contributed by atoms with Crippen LogP contribution in [-0.2, 0) is 0 Å². The highest BCUT2D eigenvalue weighted by Crippen LogP contribution is 2.25. The third kappa shape index (κ3) is 4.13. The van der Waals surface area contributed by atoms with Gasteiger partial charge in [0.1, 0.15) is 0 Å². The number of rotatable bonds is 4. The van der Waals surface area contributed by atoms with Crippen LogP contribution in [0.25, 0.3) is 0 Å². The number of nitrogens with one attached hydrogen (secondary N) is 1. The smallest absolute Gasteiger partial charge is 0.256 e. The summed E-state index contributed by atoms with van der Waals surface area (Å²) in [4.78, 5) is 14.9. The Bertz CT molecular complexity index is 490. The second-order valence-corrected chi connectivity index (χ2v) is 6.25. The molecule has 116 valence electrons. The molecule has 1 N–H and O–H groups in total. The molecule has 21 heavy (non-hydrogen) atoms. The summed E-state index contributed by atoms with van der Waals surface area (Å²) in [6.07, 6.45) is 5.63. The number of nitrogens with zero attached hydrogens (tertiary/aromatic N) is 1. The Morgan fingerprint density at radius 3 is 2.95 bits per heavy atom. The fourth-order valence-corrected chi connectivity index (χ4v) is 3.01. The Kier molecular flexibility index (Phi) is 5.92. The fourth-order valence-electron chi connectivity index (χ4n) is 2.84. The molecule has 1 aromatic rings. The summed E-state index contributed by atoms with van der Waals surface area (Å²) in [6.45, 7) is 5.96. The predicted molar refractivity (Wildman–Crippen MR) is 89.2 cm³/mol. The van der Waals surface area contributed by atoms with E-state index >= 15 is 0 Å². The van der Waals surface area contributed by atoms with Gasteiger partial charge in [0.05, 0.1) is 5.56 Å². The van der Waals surface area contributed by atoms with Gasteiger partial charge in [0.25, 0.3) is 5.91 Å². The minimum Gasteiger partial charge on any atom is -0.384 e. The summed E-state index contributed by atoms with van der Waals surface area (Å²) < 4.78 is 0. The Hall–Kier alpha value is -1.22. The van der Waals surface area contributed by atoms with Crippen LogP contribution in [0.15, 0.2) is 18.2 Å². The second-order valence-electron chi connectivity index (χ2n) is 5.81. The molecule has 0 saturated carbocycles. The van der Waals surface area contributed by atoms with Crippen LogP contribution >= 0.6 is 11.6 Å². The molecule has 0 aromatic heterocycles. The lowest BCUT2D eigenvalue weighted by molar-refractivity contribution is 0.0699. The number of anilines is 1. The van der Waals surface area contributed by atoms with Gasteiger partial charge in [0.2, 0.25) is 0 Å². The van der Waals surface area contributed by atoms with Crippen molar-refractivity contribution in [3.8, 4) is 0 Å². The molecule has 0 aliphatic carbocycles. The zero-order valence-corrected chi connectivity index (χ0v) is 13.7. The SMILES string of the molecule is CCCNc1ccc(Cl)cc1C(=O)N1CCCCCC1C. The van der Waals surface area contributed by atoms with Crippen molar-refractivity contribution >= 4 is 23.2 Å². The predicted octanol–water partition coefficient (Wildman–Crippen LogP) is 4.57. The van der Waals surface area contributed by atoms with E-state index in [1.54, 1.807) is 6.07 Å². The number of halogens is 1. The molecular weight excluding hydrogens is 284 g/mol. The highest BCUT2D eigenvalue weighted by molar-refractivity contribution is 6.31. The summed E-state index contributed by atoms with van der Waals surface area (Å²) in [7, 11) is 0. The number of carbonyl (C=O) groups is 1. The van der Waals surface area contributed by atoms with Gasteiger partial charge in [-0.3, -0.25) is 4.79 Å². The summed E-state index contributed by atoms with van der Waals surface area (Å²) in [5.74, 6) is 0.102. The minimum absolute atomic E-state index is 0.102. The first kappa shape index (κ1) is 16.2. The van der Waals surface area contributed by atoms with E-state index in [-0.39, 0.29) is 5.91 Å². The number of hydrogen-bond donors (Lipinski definition) is 1. The summed E-state index contributed by atoms with van der Waals surface area (Å²) in [5.41, 5.74) is 1.59. The first-order chi connectivity index (χ1) is 10.1. The zero-order valence-electron chi connectivity index (χ0n) is 13.0. The number of likely N-dealkylation sites (tertiary alicyclic amines) is 1. The van der Waals surface area contributed by atoms with Crippen LogP contribution in [0.1, 0.15) is 56.3 Å². The fraction of sp³-hybridized carbons (Fsp3) is 0.588. The van der Waals surface area contributed by atoms with Crippen molar-refractivity contribution in [1.82, 2.24) is 4.90 Å². The lowest BCUT2D eigenvalue weighted by atomic mass is 10.1. The maximum absolute atomic E-state index is 12.9. The maximum atomic E-state index is 12.9. The van der Waals surface area contributed by atoms with E-state index < -0.39 is 0 Å². The molecule has 1 saturated heterocycles. The molecule has 1 atom stereocenters. The molecule has 4 heteroatoms. The van der Waals surface area contributed by atoms with Crippen molar-refractivity contribution in [3.05, 3.63) is 28.8 Å². The van der Waals surface area contributed by atoms with Gasteiger partial charge in [0, 0.05) is 29.8 Å². The maximum Gasteiger partial charge on any atom is 0.256 e. The van der Waals surface area contributed by atoms with E-state index in [1.165, 1.54) is 12.8 Å². The molecule has 1 heterocycles. The van der Waals surface area contributed by atoms with Gasteiger partial charge >= 0.3 is 0 Å². The van der Waals surface area contributed by atoms with Crippen molar-refractivity contribution in [2.75, 3.05) is 18.4 Å². The van der Waals surface area contributed by atoms with Crippen LogP contribution in [0.5, 0.6) is 0 Å². The molecular formula is C17H25ClN2O. The molecule has 1 amide bonds. The number of carbonyl (C=O) groups excluding carboxylic acids is 1. The first-order valence-corrected chi connectivity index (χ1v) is 8.35. The van der Waals surface area contributed by atoms with Crippen molar-refractivity contribution in [1.29, 1.82) is 0 Å². The Morgan fingerprint density at radius 1 is 1.38 bits per heavy atom. The third-order valence-electron chi connectivity index (χ3n) is 4.09. The highest BCUT2D eigenvalue weighted by Gasteiger charge is 2.25. The van der Waals surface area contributed by atoms with Gasteiger partial charge in [-0.1, -0.05) is 31.4 Å². The van der Waals surface area contributed by atoms with E-state index in [0.29, 0.717) is 16.6 Å². The molecule has 1 aliphatic rings. The van der Waals surface area contributed by atoms with Crippen molar-refractivity contribution in [3.63, 3.8) is 0 Å². The van der Waals surface area contributed by atoms with Gasteiger partial charge in [-0.15, -0.1) is 0 Å². The molecule has 1 aromatic carbocycles. The first-order valence-electron chi connectivity index (χ1n) is 7.98. The van der Waals surface area contributed by atoms with Crippen LogP contribution in [0, 0.1) is 0 Å².